The molecule has 0 spiro atoms. The van der Waals surface area contributed by atoms with Crippen molar-refractivity contribution >= 4 is 15.8 Å². The highest BCUT2D eigenvalue weighted by molar-refractivity contribution is 7.93. The maximum atomic E-state index is 12.6. The third kappa shape index (κ3) is 2.24. The fourth-order valence-corrected chi connectivity index (χ4v) is 5.26. The van der Waals surface area contributed by atoms with Gasteiger partial charge in [-0.3, -0.25) is 0 Å². The molecule has 3 rings (SSSR count). The molecule has 0 saturated heterocycles. The van der Waals surface area contributed by atoms with E-state index in [4.69, 9.17) is 4.74 Å². The molecule has 0 radical (unpaired) electrons. The Balaban J connectivity index is 1.87. The summed E-state index contributed by atoms with van der Waals surface area (Å²) in [7, 11) is -3.37. The number of esters is 1. The van der Waals surface area contributed by atoms with Crippen molar-refractivity contribution < 1.29 is 17.9 Å². The predicted octanol–water partition coefficient (Wildman–Crippen LogP) is 2.69. The molecular formula is C15H18O4S. The van der Waals surface area contributed by atoms with E-state index < -0.39 is 20.7 Å². The first-order valence-electron chi connectivity index (χ1n) is 7.07. The van der Waals surface area contributed by atoms with E-state index in [1.54, 1.807) is 24.3 Å². The Morgan fingerprint density at radius 2 is 1.70 bits per heavy atom. The second-order valence-electron chi connectivity index (χ2n) is 5.62. The Bertz CT molecular complexity index is 596. The molecule has 4 nitrogen and oxygen atoms in total. The average Bonchev–Trinajstić information content (AvgIpc) is 3.21. The van der Waals surface area contributed by atoms with Crippen LogP contribution in [-0.4, -0.2) is 24.6 Å². The fourth-order valence-electron chi connectivity index (χ4n) is 2.84. The van der Waals surface area contributed by atoms with Gasteiger partial charge in [0, 0.05) is 12.8 Å². The molecule has 0 atom stereocenters. The molecule has 108 valence electrons. The highest BCUT2D eigenvalue weighted by atomic mass is 32.2. The van der Waals surface area contributed by atoms with Crippen LogP contribution in [0.5, 0.6) is 0 Å². The first-order valence-corrected chi connectivity index (χ1v) is 8.62. The molecule has 1 aromatic rings. The van der Waals surface area contributed by atoms with Crippen LogP contribution in [0, 0.1) is 0 Å². The second kappa shape index (κ2) is 4.88. The van der Waals surface area contributed by atoms with Gasteiger partial charge in [-0.2, -0.15) is 0 Å². The molecular weight excluding hydrogens is 276 g/mol. The van der Waals surface area contributed by atoms with Crippen LogP contribution in [0.3, 0.4) is 0 Å². The van der Waals surface area contributed by atoms with Crippen LogP contribution in [0.1, 0.15) is 48.9 Å². The topological polar surface area (TPSA) is 60.4 Å². The molecule has 20 heavy (non-hydrogen) atoms. The van der Waals surface area contributed by atoms with Crippen molar-refractivity contribution in [2.24, 2.45) is 0 Å². The molecule has 0 aliphatic heterocycles. The van der Waals surface area contributed by atoms with E-state index >= 15 is 0 Å². The lowest BCUT2D eigenvalue weighted by Gasteiger charge is -2.28. The van der Waals surface area contributed by atoms with Crippen molar-refractivity contribution in [1.82, 2.24) is 0 Å². The minimum Gasteiger partial charge on any atom is -0.439 e. The minimum absolute atomic E-state index is 0.302. The van der Waals surface area contributed by atoms with Crippen molar-refractivity contribution in [3.05, 3.63) is 35.9 Å². The van der Waals surface area contributed by atoms with Crippen molar-refractivity contribution in [2.45, 2.75) is 48.7 Å². The maximum absolute atomic E-state index is 12.6. The van der Waals surface area contributed by atoms with Crippen LogP contribution in [0.15, 0.2) is 30.3 Å². The van der Waals surface area contributed by atoms with E-state index in [-0.39, 0.29) is 5.25 Å². The largest absolute Gasteiger partial charge is 0.439 e. The summed E-state index contributed by atoms with van der Waals surface area (Å²) in [6.07, 6.45) is 3.87. The Hall–Kier alpha value is -1.36. The summed E-state index contributed by atoms with van der Waals surface area (Å²) in [4.78, 5) is 10.9. The van der Waals surface area contributed by atoms with E-state index in [2.05, 4.69) is 0 Å². The number of carbonyl (C=O) groups excluding carboxylic acids is 1. The summed E-state index contributed by atoms with van der Waals surface area (Å²) in [6.45, 7) is 0. The van der Waals surface area contributed by atoms with E-state index in [0.29, 0.717) is 31.2 Å². The molecule has 2 aliphatic rings. The van der Waals surface area contributed by atoms with Crippen molar-refractivity contribution in [3.63, 3.8) is 0 Å². The van der Waals surface area contributed by atoms with E-state index in [9.17, 15) is 13.2 Å². The lowest BCUT2D eigenvalue weighted by atomic mass is 10.2. The number of hydrogen-bond donors (Lipinski definition) is 0. The zero-order valence-corrected chi connectivity index (χ0v) is 12.1. The number of rotatable bonds is 4. The highest BCUT2D eigenvalue weighted by Gasteiger charge is 2.55. The maximum Gasteiger partial charge on any atom is 0.339 e. The summed E-state index contributed by atoms with van der Waals surface area (Å²) in [6, 6.07) is 8.59. The number of benzene rings is 1. The Labute approximate surface area is 119 Å². The lowest BCUT2D eigenvalue weighted by Crippen LogP contribution is -2.42. The third-order valence-corrected chi connectivity index (χ3v) is 7.01. The average molecular weight is 294 g/mol. The first-order chi connectivity index (χ1) is 9.55. The van der Waals surface area contributed by atoms with Crippen LogP contribution in [0.25, 0.3) is 0 Å². The zero-order chi connectivity index (χ0) is 14.2. The zero-order valence-electron chi connectivity index (χ0n) is 11.2. The summed E-state index contributed by atoms with van der Waals surface area (Å²) in [5.41, 5.74) is 0.407. The first kappa shape index (κ1) is 13.6. The lowest BCUT2D eigenvalue weighted by molar-refractivity contribution is 0.0183. The summed E-state index contributed by atoms with van der Waals surface area (Å²) >= 11 is 0. The second-order valence-corrected chi connectivity index (χ2v) is 8.12. The summed E-state index contributed by atoms with van der Waals surface area (Å²) in [5, 5.41) is -0.302. The molecule has 2 aliphatic carbocycles. The van der Waals surface area contributed by atoms with Gasteiger partial charge < -0.3 is 4.74 Å². The minimum atomic E-state index is -3.37. The predicted molar refractivity (Wildman–Crippen MR) is 75.0 cm³/mol. The fraction of sp³-hybridized carbons (Fsp3) is 0.533. The van der Waals surface area contributed by atoms with Crippen LogP contribution >= 0.6 is 0 Å². The molecule has 0 bridgehead atoms. The van der Waals surface area contributed by atoms with Gasteiger partial charge in [0.15, 0.2) is 9.84 Å². The van der Waals surface area contributed by atoms with E-state index in [0.717, 1.165) is 12.8 Å². The van der Waals surface area contributed by atoms with Crippen LogP contribution in [0.4, 0.5) is 0 Å². The van der Waals surface area contributed by atoms with Gasteiger partial charge in [0.2, 0.25) is 4.93 Å². The molecule has 0 heterocycles. The molecule has 0 amide bonds. The van der Waals surface area contributed by atoms with Crippen molar-refractivity contribution in [2.75, 3.05) is 0 Å². The highest BCUT2D eigenvalue weighted by Crippen LogP contribution is 2.45. The Morgan fingerprint density at radius 1 is 1.10 bits per heavy atom. The standard InChI is InChI=1S/C15H18O4S/c16-14(12-6-2-1-3-7-12)19-15(10-4-5-11-15)20(17,18)13-8-9-13/h1-3,6-7,13H,4-5,8-11H2. The Morgan fingerprint density at radius 3 is 2.25 bits per heavy atom. The Kier molecular flexibility index (Phi) is 3.32. The monoisotopic (exact) mass is 294 g/mol. The summed E-state index contributed by atoms with van der Waals surface area (Å²) in [5.74, 6) is -0.531. The van der Waals surface area contributed by atoms with Crippen LogP contribution in [-0.2, 0) is 14.6 Å². The van der Waals surface area contributed by atoms with Gasteiger partial charge in [-0.15, -0.1) is 0 Å². The normalized spacial score (nSPS) is 21.6. The molecule has 0 unspecified atom stereocenters. The molecule has 0 aromatic heterocycles. The van der Waals surface area contributed by atoms with Gasteiger partial charge in [0.25, 0.3) is 0 Å². The van der Waals surface area contributed by atoms with Gasteiger partial charge in [0.05, 0.1) is 10.8 Å². The van der Waals surface area contributed by atoms with Gasteiger partial charge >= 0.3 is 5.97 Å². The molecule has 0 N–H and O–H groups in total. The van der Waals surface area contributed by atoms with Crippen LogP contribution < -0.4 is 0 Å². The van der Waals surface area contributed by atoms with Gasteiger partial charge in [-0.05, 0) is 37.8 Å². The number of ether oxygens (including phenoxy) is 1. The van der Waals surface area contributed by atoms with E-state index in [1.165, 1.54) is 0 Å². The summed E-state index contributed by atoms with van der Waals surface area (Å²) < 4.78 is 30.7. The van der Waals surface area contributed by atoms with Crippen LogP contribution in [0.2, 0.25) is 0 Å². The third-order valence-electron chi connectivity index (χ3n) is 4.14. The smallest absolute Gasteiger partial charge is 0.339 e. The van der Waals surface area contributed by atoms with Gasteiger partial charge in [-0.1, -0.05) is 18.2 Å². The number of hydrogen-bond acceptors (Lipinski definition) is 4. The SMILES string of the molecule is O=C(OC1(S(=O)(=O)C2CC2)CCCC1)c1ccccc1. The molecule has 5 heteroatoms. The molecule has 1 aromatic carbocycles. The van der Waals surface area contributed by atoms with Crippen molar-refractivity contribution in [1.29, 1.82) is 0 Å². The quantitative estimate of drug-likeness (QED) is 0.801. The van der Waals surface area contributed by atoms with Gasteiger partial charge in [-0.25, -0.2) is 13.2 Å². The van der Waals surface area contributed by atoms with Gasteiger partial charge in [0.1, 0.15) is 0 Å². The van der Waals surface area contributed by atoms with E-state index in [1.807, 2.05) is 6.07 Å². The van der Waals surface area contributed by atoms with Crippen molar-refractivity contribution in [3.8, 4) is 0 Å². The molecule has 2 saturated carbocycles. The number of sulfone groups is 1. The number of carbonyl (C=O) groups is 1. The molecule has 2 fully saturated rings.